The molecule has 2 amide bonds. The van der Waals surface area contributed by atoms with Crippen molar-refractivity contribution in [3.05, 3.63) is 83.4 Å². The predicted octanol–water partition coefficient (Wildman–Crippen LogP) is 3.21. The molecule has 3 aromatic carbocycles. The number of carbonyl (C=O) groups excluding carboxylic acids is 2. The molecule has 2 fully saturated rings. The lowest BCUT2D eigenvalue weighted by Crippen LogP contribution is -2.57. The van der Waals surface area contributed by atoms with Crippen LogP contribution in [0.2, 0.25) is 0 Å². The Bertz CT molecular complexity index is 1640. The molecule has 2 saturated heterocycles. The van der Waals surface area contributed by atoms with E-state index in [4.69, 9.17) is 0 Å². The topological polar surface area (TPSA) is 121 Å². The van der Waals surface area contributed by atoms with Crippen molar-refractivity contribution in [2.45, 2.75) is 24.2 Å². The van der Waals surface area contributed by atoms with E-state index in [1.807, 2.05) is 24.3 Å². The van der Waals surface area contributed by atoms with Gasteiger partial charge in [-0.15, -0.1) is 0 Å². The fourth-order valence-corrected chi connectivity index (χ4v) is 6.35. The van der Waals surface area contributed by atoms with E-state index >= 15 is 0 Å². The SMILES string of the molecule is CS(=O)(=O)CCN1C(=O)C2C(c3cccc(C(F)(F)F)c3)NC(Cc3ccc4ccccc4c3)(C(=O)O)C2C1=O. The molecule has 12 heteroatoms. The summed E-state index contributed by atoms with van der Waals surface area (Å²) in [6, 6.07) is 15.5. The Labute approximate surface area is 227 Å². The first-order chi connectivity index (χ1) is 18.7. The number of hydrogen-bond donors (Lipinski definition) is 2. The number of fused-ring (bicyclic) bond motifs is 2. The van der Waals surface area contributed by atoms with Crippen LogP contribution >= 0.6 is 0 Å². The summed E-state index contributed by atoms with van der Waals surface area (Å²) in [5.41, 5.74) is -2.51. The van der Waals surface area contributed by atoms with Gasteiger partial charge in [-0.25, -0.2) is 8.42 Å². The molecule has 4 unspecified atom stereocenters. The van der Waals surface area contributed by atoms with Crippen molar-refractivity contribution in [1.82, 2.24) is 10.2 Å². The lowest BCUT2D eigenvalue weighted by atomic mass is 9.76. The molecule has 2 aliphatic heterocycles. The van der Waals surface area contributed by atoms with Gasteiger partial charge < -0.3 is 5.11 Å². The summed E-state index contributed by atoms with van der Waals surface area (Å²) in [5.74, 6) is -6.51. The van der Waals surface area contributed by atoms with E-state index in [-0.39, 0.29) is 12.0 Å². The summed E-state index contributed by atoms with van der Waals surface area (Å²) in [5, 5.41) is 15.2. The zero-order chi connectivity index (χ0) is 29.0. The zero-order valence-corrected chi connectivity index (χ0v) is 22.0. The minimum absolute atomic E-state index is 0.00225. The van der Waals surface area contributed by atoms with Crippen molar-refractivity contribution >= 4 is 38.4 Å². The first kappa shape index (κ1) is 27.8. The number of carboxylic acids is 1. The smallest absolute Gasteiger partial charge is 0.416 e. The number of imide groups is 1. The van der Waals surface area contributed by atoms with Gasteiger partial charge in [0.25, 0.3) is 0 Å². The Hall–Kier alpha value is -3.77. The number of carboxylic acid groups (broad SMARTS) is 1. The quantitative estimate of drug-likeness (QED) is 0.416. The van der Waals surface area contributed by atoms with Crippen molar-refractivity contribution in [2.75, 3.05) is 18.6 Å². The molecule has 210 valence electrons. The molecule has 3 aromatic rings. The van der Waals surface area contributed by atoms with E-state index in [9.17, 15) is 41.1 Å². The number of aliphatic carboxylic acids is 1. The Morgan fingerprint density at radius 2 is 1.70 bits per heavy atom. The van der Waals surface area contributed by atoms with Gasteiger partial charge in [-0.2, -0.15) is 13.2 Å². The molecule has 2 heterocycles. The van der Waals surface area contributed by atoms with Gasteiger partial charge in [0, 0.05) is 25.3 Å². The van der Waals surface area contributed by atoms with Crippen LogP contribution in [0.5, 0.6) is 0 Å². The van der Waals surface area contributed by atoms with Crippen molar-refractivity contribution in [2.24, 2.45) is 11.8 Å². The van der Waals surface area contributed by atoms with Crippen LogP contribution < -0.4 is 5.32 Å². The summed E-state index contributed by atoms with van der Waals surface area (Å²) in [6.45, 7) is -0.482. The fourth-order valence-electron chi connectivity index (χ4n) is 5.84. The van der Waals surface area contributed by atoms with Crippen molar-refractivity contribution in [3.8, 4) is 0 Å². The second-order valence-electron chi connectivity index (χ2n) is 10.3. The maximum atomic E-state index is 13.7. The van der Waals surface area contributed by atoms with Gasteiger partial charge in [-0.3, -0.25) is 24.6 Å². The first-order valence-corrected chi connectivity index (χ1v) is 14.5. The number of amides is 2. The number of sulfone groups is 1. The Kier molecular flexibility index (Phi) is 6.74. The maximum absolute atomic E-state index is 13.7. The summed E-state index contributed by atoms with van der Waals surface area (Å²) < 4.78 is 64.2. The monoisotopic (exact) mass is 574 g/mol. The molecule has 0 radical (unpaired) electrons. The fraction of sp³-hybridized carbons (Fsp3) is 0.321. The third kappa shape index (κ3) is 4.86. The van der Waals surface area contributed by atoms with Gasteiger partial charge in [-0.05, 0) is 34.0 Å². The number of halogens is 3. The van der Waals surface area contributed by atoms with E-state index in [1.54, 1.807) is 18.2 Å². The molecule has 0 aliphatic carbocycles. The second kappa shape index (κ2) is 9.70. The summed E-state index contributed by atoms with van der Waals surface area (Å²) in [7, 11) is -3.59. The maximum Gasteiger partial charge on any atom is 0.416 e. The second-order valence-corrected chi connectivity index (χ2v) is 12.6. The van der Waals surface area contributed by atoms with E-state index in [1.165, 1.54) is 6.07 Å². The summed E-state index contributed by atoms with van der Waals surface area (Å²) in [4.78, 5) is 41.0. The number of hydrogen-bond acceptors (Lipinski definition) is 6. The highest BCUT2D eigenvalue weighted by molar-refractivity contribution is 7.90. The van der Waals surface area contributed by atoms with Crippen molar-refractivity contribution in [1.29, 1.82) is 0 Å². The molecular weight excluding hydrogens is 549 g/mol. The number of rotatable bonds is 7. The highest BCUT2D eigenvalue weighted by atomic mass is 32.2. The molecule has 4 atom stereocenters. The van der Waals surface area contributed by atoms with Gasteiger partial charge >= 0.3 is 12.1 Å². The molecule has 0 saturated carbocycles. The standard InChI is InChI=1S/C28H25F3N2O6S/c1-40(38,39)12-11-33-24(34)21-22(25(33)35)27(26(36)37,15-16-9-10-17-5-2-3-6-18(17)13-16)32-23(21)19-7-4-8-20(14-19)28(29,30)31/h2-10,13-14,21-23,32H,11-12,15H2,1H3,(H,36,37). The van der Waals surface area contributed by atoms with Crippen LogP contribution in [-0.4, -0.2) is 60.3 Å². The lowest BCUT2D eigenvalue weighted by molar-refractivity contribution is -0.151. The molecule has 0 aromatic heterocycles. The van der Waals surface area contributed by atoms with E-state index < -0.39 is 75.1 Å². The van der Waals surface area contributed by atoms with Gasteiger partial charge in [0.05, 0.1) is 23.2 Å². The molecular formula is C28H25F3N2O6S. The minimum atomic E-state index is -4.69. The van der Waals surface area contributed by atoms with E-state index in [2.05, 4.69) is 5.32 Å². The van der Waals surface area contributed by atoms with E-state index in [0.29, 0.717) is 5.56 Å². The highest BCUT2D eigenvalue weighted by Crippen LogP contribution is 2.50. The minimum Gasteiger partial charge on any atom is -0.480 e. The van der Waals surface area contributed by atoms with E-state index in [0.717, 1.165) is 40.1 Å². The summed E-state index contributed by atoms with van der Waals surface area (Å²) in [6.07, 6.45) is -4.00. The largest absolute Gasteiger partial charge is 0.480 e. The molecule has 8 nitrogen and oxygen atoms in total. The van der Waals surface area contributed by atoms with Crippen LogP contribution in [0.25, 0.3) is 10.8 Å². The Balaban J connectivity index is 1.63. The Morgan fingerprint density at radius 1 is 1.00 bits per heavy atom. The van der Waals surface area contributed by atoms with Crippen LogP contribution in [0, 0.1) is 11.8 Å². The highest BCUT2D eigenvalue weighted by Gasteiger charge is 2.68. The molecule has 40 heavy (non-hydrogen) atoms. The number of nitrogens with one attached hydrogen (secondary N) is 1. The molecule has 0 spiro atoms. The molecule has 2 N–H and O–H groups in total. The molecule has 5 rings (SSSR count). The number of benzene rings is 3. The first-order valence-electron chi connectivity index (χ1n) is 12.4. The van der Waals surface area contributed by atoms with Crippen molar-refractivity contribution < 1.29 is 41.1 Å². The third-order valence-corrected chi connectivity index (χ3v) is 8.61. The zero-order valence-electron chi connectivity index (χ0n) is 21.2. The van der Waals surface area contributed by atoms with Crippen molar-refractivity contribution in [3.63, 3.8) is 0 Å². The number of alkyl halides is 3. The van der Waals surface area contributed by atoms with Crippen LogP contribution in [0.1, 0.15) is 22.7 Å². The predicted molar refractivity (Wildman–Crippen MR) is 139 cm³/mol. The number of carbonyl (C=O) groups is 3. The average Bonchev–Trinajstić information content (AvgIpc) is 3.35. The van der Waals surface area contributed by atoms with Crippen LogP contribution in [-0.2, 0) is 36.8 Å². The van der Waals surface area contributed by atoms with Crippen LogP contribution in [0.4, 0.5) is 13.2 Å². The van der Waals surface area contributed by atoms with Gasteiger partial charge in [-0.1, -0.05) is 54.6 Å². The van der Waals surface area contributed by atoms with Crippen LogP contribution in [0.15, 0.2) is 66.7 Å². The average molecular weight is 575 g/mol. The third-order valence-electron chi connectivity index (χ3n) is 7.68. The van der Waals surface area contributed by atoms with Gasteiger partial charge in [0.2, 0.25) is 11.8 Å². The number of nitrogens with zero attached hydrogens (tertiary/aromatic N) is 1. The Morgan fingerprint density at radius 3 is 2.35 bits per heavy atom. The van der Waals surface area contributed by atoms with Gasteiger partial charge in [0.15, 0.2) is 0 Å². The molecule has 0 bridgehead atoms. The van der Waals surface area contributed by atoms with Crippen LogP contribution in [0.3, 0.4) is 0 Å². The summed E-state index contributed by atoms with van der Waals surface area (Å²) >= 11 is 0. The molecule has 2 aliphatic rings. The van der Waals surface area contributed by atoms with Gasteiger partial charge in [0.1, 0.15) is 15.4 Å². The lowest BCUT2D eigenvalue weighted by Gasteiger charge is -2.31. The number of likely N-dealkylation sites (tertiary alicyclic amines) is 1. The normalized spacial score (nSPS) is 25.0.